The molecule has 1 aromatic rings. The number of halogens is 1. The van der Waals surface area contributed by atoms with Gasteiger partial charge in [-0.1, -0.05) is 18.1 Å². The molecule has 2 rings (SSSR count). The van der Waals surface area contributed by atoms with Crippen LogP contribution in [0.5, 0.6) is 0 Å². The number of rotatable bonds is 2. The van der Waals surface area contributed by atoms with Gasteiger partial charge < -0.3 is 10.6 Å². The van der Waals surface area contributed by atoms with Gasteiger partial charge in [0.2, 0.25) is 0 Å². The number of carbonyl (C=O) groups is 1. The first-order valence-corrected chi connectivity index (χ1v) is 7.24. The summed E-state index contributed by atoms with van der Waals surface area (Å²) in [5.74, 6) is 0.0132. The average Bonchev–Trinajstić information content (AvgIpc) is 2.61. The highest BCUT2D eigenvalue weighted by Crippen LogP contribution is 2.18. The van der Waals surface area contributed by atoms with Crippen molar-refractivity contribution in [2.75, 3.05) is 13.1 Å². The molecule has 1 fully saturated rings. The van der Waals surface area contributed by atoms with E-state index in [1.165, 1.54) is 12.8 Å². The van der Waals surface area contributed by atoms with E-state index in [2.05, 4.69) is 26.6 Å². The Hall–Kier alpha value is -0.870. The number of benzene rings is 1. The van der Waals surface area contributed by atoms with Crippen LogP contribution in [-0.2, 0) is 0 Å². The Kier molecular flexibility index (Phi) is 4.78. The van der Waals surface area contributed by atoms with Gasteiger partial charge in [0.15, 0.2) is 0 Å². The molecule has 0 radical (unpaired) electrons. The van der Waals surface area contributed by atoms with E-state index in [0.29, 0.717) is 0 Å². The fourth-order valence-corrected chi connectivity index (χ4v) is 2.65. The maximum absolute atomic E-state index is 12.2. The molecular weight excluding hydrogens is 292 g/mol. The van der Waals surface area contributed by atoms with Gasteiger partial charge in [-0.25, -0.2) is 0 Å². The van der Waals surface area contributed by atoms with Crippen LogP contribution in [0.2, 0.25) is 0 Å². The third-order valence-electron chi connectivity index (χ3n) is 3.25. The summed E-state index contributed by atoms with van der Waals surface area (Å²) in [5, 5.41) is 6.47. The van der Waals surface area contributed by atoms with Crippen LogP contribution in [0.4, 0.5) is 0 Å². The van der Waals surface area contributed by atoms with Gasteiger partial charge >= 0.3 is 0 Å². The second kappa shape index (κ2) is 6.34. The largest absolute Gasteiger partial charge is 0.348 e. The summed E-state index contributed by atoms with van der Waals surface area (Å²) < 4.78 is 0.854. The molecule has 1 saturated heterocycles. The third kappa shape index (κ3) is 3.56. The lowest BCUT2D eigenvalue weighted by atomic mass is 10.1. The van der Waals surface area contributed by atoms with Crippen molar-refractivity contribution in [3.8, 4) is 0 Å². The number of carbonyl (C=O) groups excluding carboxylic acids is 1. The molecule has 2 N–H and O–H groups in total. The molecule has 1 atom stereocenters. The number of nitrogens with one attached hydrogen (secondary N) is 2. The number of hydrogen-bond acceptors (Lipinski definition) is 2. The molecule has 0 spiro atoms. The van der Waals surface area contributed by atoms with Crippen LogP contribution in [0.25, 0.3) is 0 Å². The molecule has 1 aromatic carbocycles. The fraction of sp³-hybridized carbons (Fsp3) is 0.500. The van der Waals surface area contributed by atoms with E-state index in [1.54, 1.807) is 0 Å². The smallest absolute Gasteiger partial charge is 0.252 e. The van der Waals surface area contributed by atoms with Crippen molar-refractivity contribution >= 4 is 21.8 Å². The molecular formula is C14H19BrN2O. The maximum Gasteiger partial charge on any atom is 0.252 e. The van der Waals surface area contributed by atoms with Gasteiger partial charge in [0, 0.05) is 17.1 Å². The Labute approximate surface area is 116 Å². The number of hydrogen-bond donors (Lipinski definition) is 2. The molecule has 1 heterocycles. The van der Waals surface area contributed by atoms with Gasteiger partial charge in [-0.05, 0) is 54.4 Å². The molecule has 0 saturated carbocycles. The predicted molar refractivity (Wildman–Crippen MR) is 76.9 cm³/mol. The molecule has 1 amide bonds. The van der Waals surface area contributed by atoms with E-state index < -0.39 is 0 Å². The first-order chi connectivity index (χ1) is 8.66. The van der Waals surface area contributed by atoms with Crippen LogP contribution in [0.15, 0.2) is 22.7 Å². The first-order valence-electron chi connectivity index (χ1n) is 6.44. The fourth-order valence-electron chi connectivity index (χ4n) is 2.22. The van der Waals surface area contributed by atoms with E-state index in [4.69, 9.17) is 0 Å². The van der Waals surface area contributed by atoms with Crippen molar-refractivity contribution in [2.24, 2.45) is 0 Å². The van der Waals surface area contributed by atoms with Gasteiger partial charge in [-0.15, -0.1) is 0 Å². The predicted octanol–water partition coefficient (Wildman–Crippen LogP) is 2.63. The van der Waals surface area contributed by atoms with E-state index in [-0.39, 0.29) is 11.9 Å². The molecule has 1 aliphatic heterocycles. The minimum Gasteiger partial charge on any atom is -0.348 e. The zero-order valence-corrected chi connectivity index (χ0v) is 12.2. The van der Waals surface area contributed by atoms with Crippen LogP contribution < -0.4 is 10.6 Å². The lowest BCUT2D eigenvalue weighted by Gasteiger charge is -2.17. The Morgan fingerprint density at radius 1 is 1.44 bits per heavy atom. The maximum atomic E-state index is 12.2. The molecule has 0 bridgehead atoms. The zero-order chi connectivity index (χ0) is 13.0. The summed E-state index contributed by atoms with van der Waals surface area (Å²) in [6.45, 7) is 3.92. The third-order valence-corrected chi connectivity index (χ3v) is 3.94. The molecule has 1 unspecified atom stereocenters. The summed E-state index contributed by atoms with van der Waals surface area (Å²) >= 11 is 3.43. The molecule has 3 nitrogen and oxygen atoms in total. The molecule has 1 aliphatic rings. The van der Waals surface area contributed by atoms with Gasteiger partial charge in [0.25, 0.3) is 5.91 Å². The number of aryl methyl sites for hydroxylation is 1. The van der Waals surface area contributed by atoms with Crippen molar-refractivity contribution in [3.05, 3.63) is 33.8 Å². The minimum atomic E-state index is 0.0132. The van der Waals surface area contributed by atoms with Gasteiger partial charge in [0.1, 0.15) is 0 Å². The van der Waals surface area contributed by atoms with Crippen LogP contribution in [0.3, 0.4) is 0 Å². The Morgan fingerprint density at radius 2 is 2.28 bits per heavy atom. The van der Waals surface area contributed by atoms with Gasteiger partial charge in [-0.2, -0.15) is 0 Å². The average molecular weight is 311 g/mol. The lowest BCUT2D eigenvalue weighted by Crippen LogP contribution is -2.40. The topological polar surface area (TPSA) is 41.1 Å². The monoisotopic (exact) mass is 310 g/mol. The summed E-state index contributed by atoms with van der Waals surface area (Å²) in [4.78, 5) is 12.2. The highest BCUT2D eigenvalue weighted by molar-refractivity contribution is 9.10. The summed E-state index contributed by atoms with van der Waals surface area (Å²) in [5.41, 5.74) is 1.82. The van der Waals surface area contributed by atoms with Gasteiger partial charge in [0.05, 0.1) is 5.56 Å². The Balaban J connectivity index is 2.04. The summed E-state index contributed by atoms with van der Waals surface area (Å²) in [7, 11) is 0. The summed E-state index contributed by atoms with van der Waals surface area (Å²) in [6, 6.07) is 6.08. The lowest BCUT2D eigenvalue weighted by molar-refractivity contribution is 0.0934. The standard InChI is InChI=1S/C14H19BrN2O/c1-10-5-6-13(15)12(8-10)14(18)17-11-4-2-3-7-16-9-11/h5-6,8,11,16H,2-4,7,9H2,1H3,(H,17,18). The van der Waals surface area contributed by atoms with Crippen LogP contribution in [0.1, 0.15) is 35.2 Å². The highest BCUT2D eigenvalue weighted by atomic mass is 79.9. The van der Waals surface area contributed by atoms with E-state index in [9.17, 15) is 4.79 Å². The second-order valence-electron chi connectivity index (χ2n) is 4.85. The SMILES string of the molecule is Cc1ccc(Br)c(C(=O)NC2CCCCNC2)c1. The quantitative estimate of drug-likeness (QED) is 0.881. The van der Waals surface area contributed by atoms with E-state index >= 15 is 0 Å². The minimum absolute atomic E-state index is 0.0132. The second-order valence-corrected chi connectivity index (χ2v) is 5.71. The van der Waals surface area contributed by atoms with Crippen molar-refractivity contribution in [1.29, 1.82) is 0 Å². The van der Waals surface area contributed by atoms with Crippen molar-refractivity contribution in [1.82, 2.24) is 10.6 Å². The normalized spacial score (nSPS) is 20.2. The van der Waals surface area contributed by atoms with Crippen molar-refractivity contribution < 1.29 is 4.79 Å². The Morgan fingerprint density at radius 3 is 3.11 bits per heavy atom. The zero-order valence-electron chi connectivity index (χ0n) is 10.6. The highest BCUT2D eigenvalue weighted by Gasteiger charge is 2.17. The Bertz CT molecular complexity index is 426. The van der Waals surface area contributed by atoms with E-state index in [0.717, 1.165) is 35.1 Å². The molecule has 0 aromatic heterocycles. The van der Waals surface area contributed by atoms with Gasteiger partial charge in [-0.3, -0.25) is 4.79 Å². The molecule has 0 aliphatic carbocycles. The summed E-state index contributed by atoms with van der Waals surface area (Å²) in [6.07, 6.45) is 3.43. The van der Waals surface area contributed by atoms with Crippen LogP contribution in [0, 0.1) is 6.92 Å². The number of amides is 1. The van der Waals surface area contributed by atoms with E-state index in [1.807, 2.05) is 25.1 Å². The molecule has 4 heteroatoms. The first kappa shape index (κ1) is 13.6. The molecule has 18 heavy (non-hydrogen) atoms. The molecule has 98 valence electrons. The van der Waals surface area contributed by atoms with Crippen molar-refractivity contribution in [3.63, 3.8) is 0 Å². The van der Waals surface area contributed by atoms with Crippen LogP contribution in [-0.4, -0.2) is 25.0 Å². The van der Waals surface area contributed by atoms with Crippen molar-refractivity contribution in [2.45, 2.75) is 32.2 Å². The van der Waals surface area contributed by atoms with Crippen LogP contribution >= 0.6 is 15.9 Å².